The Morgan fingerprint density at radius 2 is 2.00 bits per heavy atom. The Morgan fingerprint density at radius 3 is 2.59 bits per heavy atom. The molecule has 0 bridgehead atoms. The molecule has 1 unspecified atom stereocenters. The molecule has 1 fully saturated rings. The van der Waals surface area contributed by atoms with Gasteiger partial charge in [0.05, 0.1) is 10.8 Å². The maximum Gasteiger partial charge on any atom is 0.0741 e. The Labute approximate surface area is 108 Å². The number of rotatable bonds is 2. The summed E-state index contributed by atoms with van der Waals surface area (Å²) in [4.78, 5) is 8.76. The summed E-state index contributed by atoms with van der Waals surface area (Å²) in [5.41, 5.74) is 2.12. The number of hydrogen-bond acceptors (Lipinski definition) is 4. The summed E-state index contributed by atoms with van der Waals surface area (Å²) in [5, 5.41) is 2.38. The molecule has 0 amide bonds. The first-order valence-electron chi connectivity index (χ1n) is 5.84. The Balaban J connectivity index is 2.10. The topological polar surface area (TPSA) is 18.8 Å². The molecule has 0 radical (unpaired) electrons. The predicted octanol–water partition coefficient (Wildman–Crippen LogP) is 2.56. The Kier molecular flexibility index (Phi) is 3.89. The highest BCUT2D eigenvalue weighted by atomic mass is 32.1. The van der Waals surface area contributed by atoms with Crippen LogP contribution in [0.25, 0.3) is 0 Å². The molecule has 0 spiro atoms. The van der Waals surface area contributed by atoms with E-state index in [2.05, 4.69) is 58.3 Å². The second-order valence-corrected chi connectivity index (χ2v) is 4.68. The van der Waals surface area contributed by atoms with E-state index in [1.165, 1.54) is 5.69 Å². The fourth-order valence-corrected chi connectivity index (χ4v) is 2.18. The number of aliphatic imine (C=N–C) groups is 1. The predicted molar refractivity (Wildman–Crippen MR) is 75.4 cm³/mol. The van der Waals surface area contributed by atoms with Crippen molar-refractivity contribution in [3.05, 3.63) is 24.3 Å². The minimum absolute atomic E-state index is 0.599. The van der Waals surface area contributed by atoms with Gasteiger partial charge in [0.2, 0.25) is 0 Å². The first-order valence-corrected chi connectivity index (χ1v) is 6.24. The molecule has 3 nitrogen and oxygen atoms in total. The number of anilines is 1. The van der Waals surface area contributed by atoms with Crippen molar-refractivity contribution in [2.45, 2.75) is 13.0 Å². The van der Waals surface area contributed by atoms with Crippen molar-refractivity contribution in [2.75, 3.05) is 31.6 Å². The van der Waals surface area contributed by atoms with E-state index in [0.29, 0.717) is 6.04 Å². The van der Waals surface area contributed by atoms with Crippen LogP contribution < -0.4 is 4.90 Å². The van der Waals surface area contributed by atoms with Crippen molar-refractivity contribution in [2.24, 2.45) is 4.99 Å². The first-order chi connectivity index (χ1) is 8.20. The highest BCUT2D eigenvalue weighted by Crippen LogP contribution is 2.21. The Bertz CT molecular complexity index is 423. The van der Waals surface area contributed by atoms with Gasteiger partial charge in [0, 0.05) is 31.4 Å². The van der Waals surface area contributed by atoms with Gasteiger partial charge in [-0.1, -0.05) is 0 Å². The summed E-state index contributed by atoms with van der Waals surface area (Å²) < 4.78 is 0. The number of piperazine rings is 1. The van der Waals surface area contributed by atoms with Gasteiger partial charge in [-0.2, -0.15) is 4.99 Å². The van der Waals surface area contributed by atoms with Crippen molar-refractivity contribution in [3.8, 4) is 0 Å². The lowest BCUT2D eigenvalue weighted by atomic mass is 10.1. The molecule has 0 saturated carbocycles. The van der Waals surface area contributed by atoms with Crippen LogP contribution in [0.1, 0.15) is 6.92 Å². The van der Waals surface area contributed by atoms with Crippen LogP contribution in [0, 0.1) is 0 Å². The molecule has 1 aromatic rings. The third-order valence-corrected chi connectivity index (χ3v) is 3.44. The molecule has 0 N–H and O–H groups in total. The van der Waals surface area contributed by atoms with E-state index in [4.69, 9.17) is 0 Å². The van der Waals surface area contributed by atoms with E-state index in [9.17, 15) is 0 Å². The Hall–Kier alpha value is -1.22. The van der Waals surface area contributed by atoms with Gasteiger partial charge < -0.3 is 9.80 Å². The van der Waals surface area contributed by atoms with Crippen LogP contribution in [0.2, 0.25) is 0 Å². The molecule has 90 valence electrons. The van der Waals surface area contributed by atoms with Crippen LogP contribution in [-0.4, -0.2) is 42.8 Å². The van der Waals surface area contributed by atoms with Gasteiger partial charge >= 0.3 is 0 Å². The van der Waals surface area contributed by atoms with Gasteiger partial charge in [0.15, 0.2) is 0 Å². The number of nitrogens with zero attached hydrogens (tertiary/aromatic N) is 3. The molecule has 1 aliphatic heterocycles. The molecule has 17 heavy (non-hydrogen) atoms. The lowest BCUT2D eigenvalue weighted by molar-refractivity contribution is 0.234. The molecule has 0 aromatic heterocycles. The zero-order valence-electron chi connectivity index (χ0n) is 10.3. The number of likely N-dealkylation sites (N-methyl/N-ethyl adjacent to an activating group) is 1. The number of isothiocyanates is 1. The summed E-state index contributed by atoms with van der Waals surface area (Å²) in [7, 11) is 2.18. The van der Waals surface area contributed by atoms with E-state index >= 15 is 0 Å². The van der Waals surface area contributed by atoms with Gasteiger partial charge in [0.25, 0.3) is 0 Å². The Morgan fingerprint density at radius 1 is 1.29 bits per heavy atom. The highest BCUT2D eigenvalue weighted by Gasteiger charge is 2.20. The summed E-state index contributed by atoms with van der Waals surface area (Å²) in [6.45, 7) is 5.53. The minimum atomic E-state index is 0.599. The minimum Gasteiger partial charge on any atom is -0.369 e. The van der Waals surface area contributed by atoms with E-state index in [1.54, 1.807) is 0 Å². The van der Waals surface area contributed by atoms with Gasteiger partial charge in [-0.05, 0) is 50.5 Å². The second kappa shape index (κ2) is 5.41. The van der Waals surface area contributed by atoms with Crippen LogP contribution in [0.4, 0.5) is 11.4 Å². The highest BCUT2D eigenvalue weighted by molar-refractivity contribution is 7.78. The molecule has 1 heterocycles. The van der Waals surface area contributed by atoms with Crippen LogP contribution in [-0.2, 0) is 0 Å². The lowest BCUT2D eigenvalue weighted by Gasteiger charge is -2.39. The quantitative estimate of drug-likeness (QED) is 0.591. The average molecular weight is 247 g/mol. The standard InChI is InChI=1S/C13H17N3S/c1-11-9-16(8-7-15(11)2)13-5-3-12(4-6-13)14-10-17/h3-6,11H,7-9H2,1-2H3. The molecular weight excluding hydrogens is 230 g/mol. The van der Waals surface area contributed by atoms with Crippen molar-refractivity contribution >= 4 is 28.8 Å². The maximum atomic E-state index is 4.59. The molecule has 0 aliphatic carbocycles. The molecular formula is C13H17N3S. The summed E-state index contributed by atoms with van der Waals surface area (Å²) in [6.07, 6.45) is 0. The van der Waals surface area contributed by atoms with Crippen molar-refractivity contribution in [1.82, 2.24) is 4.90 Å². The first kappa shape index (κ1) is 12.2. The van der Waals surface area contributed by atoms with Gasteiger partial charge in [-0.25, -0.2) is 0 Å². The van der Waals surface area contributed by atoms with Crippen molar-refractivity contribution in [3.63, 3.8) is 0 Å². The molecule has 1 saturated heterocycles. The van der Waals surface area contributed by atoms with Crippen LogP contribution in [0.3, 0.4) is 0 Å². The zero-order chi connectivity index (χ0) is 12.3. The monoisotopic (exact) mass is 247 g/mol. The fourth-order valence-electron chi connectivity index (χ4n) is 2.07. The number of hydrogen-bond donors (Lipinski definition) is 0. The molecule has 1 aliphatic rings. The van der Waals surface area contributed by atoms with Crippen molar-refractivity contribution < 1.29 is 0 Å². The summed E-state index contributed by atoms with van der Waals surface area (Å²) in [5.74, 6) is 0. The second-order valence-electron chi connectivity index (χ2n) is 4.50. The zero-order valence-corrected chi connectivity index (χ0v) is 11.1. The largest absolute Gasteiger partial charge is 0.369 e. The third kappa shape index (κ3) is 2.91. The average Bonchev–Trinajstić information content (AvgIpc) is 2.34. The number of benzene rings is 1. The maximum absolute atomic E-state index is 4.59. The molecule has 1 atom stereocenters. The summed E-state index contributed by atoms with van der Waals surface area (Å²) >= 11 is 4.59. The normalized spacial score (nSPS) is 21.1. The van der Waals surface area contributed by atoms with Crippen LogP contribution >= 0.6 is 12.2 Å². The molecule has 4 heteroatoms. The number of thiocarbonyl (C=S) groups is 1. The van der Waals surface area contributed by atoms with Gasteiger partial charge in [0.1, 0.15) is 0 Å². The molecule has 2 rings (SSSR count). The van der Waals surface area contributed by atoms with E-state index in [-0.39, 0.29) is 0 Å². The fraction of sp³-hybridized carbons (Fsp3) is 0.462. The van der Waals surface area contributed by atoms with E-state index in [1.807, 2.05) is 12.1 Å². The van der Waals surface area contributed by atoms with Gasteiger partial charge in [-0.3, -0.25) is 0 Å². The van der Waals surface area contributed by atoms with Crippen LogP contribution in [0.15, 0.2) is 29.3 Å². The lowest BCUT2D eigenvalue weighted by Crippen LogP contribution is -2.50. The summed E-state index contributed by atoms with van der Waals surface area (Å²) in [6, 6.07) is 8.77. The smallest absolute Gasteiger partial charge is 0.0741 e. The van der Waals surface area contributed by atoms with E-state index < -0.39 is 0 Å². The molecule has 1 aromatic carbocycles. The van der Waals surface area contributed by atoms with Crippen molar-refractivity contribution in [1.29, 1.82) is 0 Å². The van der Waals surface area contributed by atoms with E-state index in [0.717, 1.165) is 25.3 Å². The SMILES string of the molecule is CC1CN(c2ccc(N=C=S)cc2)CCN1C. The third-order valence-electron chi connectivity index (χ3n) is 3.35. The van der Waals surface area contributed by atoms with Crippen LogP contribution in [0.5, 0.6) is 0 Å². The van der Waals surface area contributed by atoms with Gasteiger partial charge in [-0.15, -0.1) is 0 Å².